The van der Waals surface area contributed by atoms with Gasteiger partial charge in [-0.3, -0.25) is 0 Å². The molecule has 6 aromatic rings. The SMILES string of the molecule is OP(O)Oc1cccc(-c2ccc(Cl)cc2)c1-c1ccc(Cl)cc1.O[P+](O)(O)c1ccc(Cl)c(-c2ccccc2)c1-c1ccccc1. The second kappa shape index (κ2) is 15.7. The molecule has 0 bridgehead atoms. The molecule has 6 nitrogen and oxygen atoms in total. The lowest BCUT2D eigenvalue weighted by Crippen LogP contribution is -2.14. The fourth-order valence-corrected chi connectivity index (χ4v) is 6.74. The van der Waals surface area contributed by atoms with Crippen LogP contribution in [0.2, 0.25) is 15.1 Å². The molecule has 0 aromatic heterocycles. The molecule has 0 saturated carbocycles. The number of hydrogen-bond donors (Lipinski definition) is 5. The number of benzene rings is 6. The molecule has 0 fully saturated rings. The van der Waals surface area contributed by atoms with Gasteiger partial charge < -0.3 is 14.3 Å². The fraction of sp³-hybridized carbons (Fsp3) is 0. The lowest BCUT2D eigenvalue weighted by Gasteiger charge is -2.16. The van der Waals surface area contributed by atoms with Crippen LogP contribution in [0.15, 0.2) is 140 Å². The van der Waals surface area contributed by atoms with Crippen molar-refractivity contribution in [2.45, 2.75) is 0 Å². The average molecular weight is 725 g/mol. The van der Waals surface area contributed by atoms with Crippen LogP contribution < -0.4 is 9.83 Å². The minimum atomic E-state index is -4.20. The van der Waals surface area contributed by atoms with Crippen molar-refractivity contribution in [1.29, 1.82) is 0 Å². The third kappa shape index (κ3) is 8.77. The summed E-state index contributed by atoms with van der Waals surface area (Å²) < 4.78 is 5.23. The fourth-order valence-electron chi connectivity index (χ4n) is 5.08. The van der Waals surface area contributed by atoms with Gasteiger partial charge in [0.2, 0.25) is 0 Å². The van der Waals surface area contributed by atoms with Gasteiger partial charge in [0.1, 0.15) is 5.75 Å². The molecule has 0 radical (unpaired) electrons. The molecule has 0 aliphatic heterocycles. The van der Waals surface area contributed by atoms with Crippen molar-refractivity contribution in [1.82, 2.24) is 0 Å². The van der Waals surface area contributed by atoms with Crippen LogP contribution in [0.25, 0.3) is 44.5 Å². The maximum absolute atomic E-state index is 9.87. The van der Waals surface area contributed by atoms with E-state index in [0.717, 1.165) is 33.4 Å². The maximum Gasteiger partial charge on any atom is 0.441 e. The summed E-state index contributed by atoms with van der Waals surface area (Å²) in [6.45, 7) is 0. The number of halogens is 3. The van der Waals surface area contributed by atoms with Crippen LogP contribution >= 0.6 is 51.3 Å². The van der Waals surface area contributed by atoms with Crippen molar-refractivity contribution in [3.63, 3.8) is 0 Å². The molecule has 0 amide bonds. The van der Waals surface area contributed by atoms with Crippen LogP contribution in [0, 0.1) is 0 Å². The molecule has 0 spiro atoms. The Morgan fingerprint density at radius 1 is 0.468 bits per heavy atom. The quantitative estimate of drug-likeness (QED) is 0.105. The van der Waals surface area contributed by atoms with Gasteiger partial charge in [0, 0.05) is 31.8 Å². The molecule has 0 aliphatic rings. The van der Waals surface area contributed by atoms with Gasteiger partial charge >= 0.3 is 16.5 Å². The largest absolute Gasteiger partial charge is 0.441 e. The molecule has 5 N–H and O–H groups in total. The van der Waals surface area contributed by atoms with Crippen LogP contribution in [0.3, 0.4) is 0 Å². The van der Waals surface area contributed by atoms with E-state index in [-0.39, 0.29) is 5.30 Å². The Bertz CT molecular complexity index is 1940. The van der Waals surface area contributed by atoms with Crippen LogP contribution in [-0.4, -0.2) is 24.5 Å². The van der Waals surface area contributed by atoms with Gasteiger partial charge in [-0.1, -0.05) is 132 Å². The van der Waals surface area contributed by atoms with Gasteiger partial charge in [-0.2, -0.15) is 14.7 Å². The monoisotopic (exact) mass is 723 g/mol. The minimum Gasteiger partial charge on any atom is -0.426 e. The second-order valence-electron chi connectivity index (χ2n) is 10.2. The van der Waals surface area contributed by atoms with Gasteiger partial charge in [-0.25, -0.2) is 0 Å². The van der Waals surface area contributed by atoms with E-state index < -0.39 is 16.5 Å². The van der Waals surface area contributed by atoms with Gasteiger partial charge in [0.15, 0.2) is 5.30 Å². The lowest BCUT2D eigenvalue weighted by molar-refractivity contribution is 0.347. The van der Waals surface area contributed by atoms with Gasteiger partial charge in [0.05, 0.1) is 0 Å². The first-order valence-electron chi connectivity index (χ1n) is 14.0. The van der Waals surface area contributed by atoms with Crippen LogP contribution in [0.1, 0.15) is 0 Å². The van der Waals surface area contributed by atoms with Crippen molar-refractivity contribution < 1.29 is 29.0 Å². The molecule has 0 heterocycles. The molecule has 6 rings (SSSR count). The first-order valence-corrected chi connectivity index (χ1v) is 18.0. The van der Waals surface area contributed by atoms with E-state index in [1.54, 1.807) is 42.5 Å². The van der Waals surface area contributed by atoms with E-state index in [1.165, 1.54) is 6.07 Å². The normalized spacial score (nSPS) is 11.2. The standard InChI is InChI=1S/C18H13Cl2O3P.C18H15ClO3P/c19-14-8-4-12(5-9-14)16-2-1-3-17(23-24(21)22)18(16)13-6-10-15(20)11-7-13;19-15-11-12-16(23(20,21)22)18(14-9-5-2-6-10-14)17(15)13-7-3-1-4-8-13/h1-11,21-22H;1-12,20-22H/q;+1. The number of rotatable bonds is 7. The van der Waals surface area contributed by atoms with Gasteiger partial charge in [-0.05, 0) is 70.3 Å². The van der Waals surface area contributed by atoms with Gasteiger partial charge in [0.25, 0.3) is 0 Å². The highest BCUT2D eigenvalue weighted by Gasteiger charge is 2.39. The van der Waals surface area contributed by atoms with Crippen LogP contribution in [0.4, 0.5) is 0 Å². The summed E-state index contributed by atoms with van der Waals surface area (Å²) in [6.07, 6.45) is 0. The summed E-state index contributed by atoms with van der Waals surface area (Å²) >= 11 is 18.3. The minimum absolute atomic E-state index is 0.0898. The third-order valence-corrected chi connectivity index (χ3v) is 9.27. The van der Waals surface area contributed by atoms with Crippen molar-refractivity contribution in [3.05, 3.63) is 155 Å². The zero-order chi connectivity index (χ0) is 33.6. The van der Waals surface area contributed by atoms with E-state index in [4.69, 9.17) is 39.3 Å². The summed E-state index contributed by atoms with van der Waals surface area (Å²) in [5, 5.41) is 1.84. The Morgan fingerprint density at radius 3 is 1.47 bits per heavy atom. The lowest BCUT2D eigenvalue weighted by atomic mass is 9.94. The van der Waals surface area contributed by atoms with Crippen molar-refractivity contribution in [2.24, 2.45) is 0 Å². The Hall–Kier alpha value is -3.35. The highest BCUT2D eigenvalue weighted by molar-refractivity contribution is 7.67. The molecular weight excluding hydrogens is 697 g/mol. The Labute approximate surface area is 289 Å². The summed E-state index contributed by atoms with van der Waals surface area (Å²) in [5.41, 5.74) is 6.24. The maximum atomic E-state index is 9.87. The third-order valence-electron chi connectivity index (χ3n) is 7.07. The summed E-state index contributed by atoms with van der Waals surface area (Å²) in [4.78, 5) is 48.2. The Balaban J connectivity index is 0.000000185. The molecular formula is C36H28Cl3O6P2+. The van der Waals surface area contributed by atoms with E-state index in [2.05, 4.69) is 0 Å². The molecule has 0 aliphatic carbocycles. The van der Waals surface area contributed by atoms with Crippen molar-refractivity contribution in [2.75, 3.05) is 0 Å². The molecule has 0 atom stereocenters. The predicted octanol–water partition coefficient (Wildman–Crippen LogP) is 9.96. The van der Waals surface area contributed by atoms with E-state index >= 15 is 0 Å². The highest BCUT2D eigenvalue weighted by atomic mass is 35.5. The van der Waals surface area contributed by atoms with Crippen molar-refractivity contribution >= 4 is 56.7 Å². The topological polar surface area (TPSA) is 110 Å². The van der Waals surface area contributed by atoms with Crippen molar-refractivity contribution in [3.8, 4) is 50.3 Å². The van der Waals surface area contributed by atoms with E-state index in [9.17, 15) is 24.5 Å². The first-order chi connectivity index (χ1) is 22.5. The number of hydrogen-bond acceptors (Lipinski definition) is 6. The molecule has 238 valence electrons. The van der Waals surface area contributed by atoms with E-state index in [1.807, 2.05) is 91.0 Å². The average Bonchev–Trinajstić information content (AvgIpc) is 3.06. The molecule has 47 heavy (non-hydrogen) atoms. The van der Waals surface area contributed by atoms with Gasteiger partial charge in [-0.15, -0.1) is 0 Å². The highest BCUT2D eigenvalue weighted by Crippen LogP contribution is 2.49. The molecule has 0 saturated heterocycles. The van der Waals surface area contributed by atoms with Crippen LogP contribution in [-0.2, 0) is 0 Å². The van der Waals surface area contributed by atoms with E-state index in [0.29, 0.717) is 31.9 Å². The zero-order valence-electron chi connectivity index (χ0n) is 24.5. The second-order valence-corrected chi connectivity index (χ2v) is 13.7. The summed E-state index contributed by atoms with van der Waals surface area (Å²) in [6, 6.07) is 41.9. The summed E-state index contributed by atoms with van der Waals surface area (Å²) in [5.74, 6) is 0.390. The Morgan fingerprint density at radius 2 is 0.957 bits per heavy atom. The smallest absolute Gasteiger partial charge is 0.426 e. The van der Waals surface area contributed by atoms with Crippen LogP contribution in [0.5, 0.6) is 5.75 Å². The molecule has 0 unspecified atom stereocenters. The first kappa shape index (κ1) is 35.0. The molecule has 11 heteroatoms. The molecule has 6 aromatic carbocycles. The Kier molecular flexibility index (Phi) is 11.7. The summed E-state index contributed by atoms with van der Waals surface area (Å²) in [7, 11) is -6.72. The zero-order valence-corrected chi connectivity index (χ0v) is 28.5. The predicted molar refractivity (Wildman–Crippen MR) is 195 cm³/mol.